The van der Waals surface area contributed by atoms with Gasteiger partial charge < -0.3 is 5.32 Å². The molecule has 0 spiro atoms. The highest BCUT2D eigenvalue weighted by molar-refractivity contribution is 5.80. The predicted molar refractivity (Wildman–Crippen MR) is 104 cm³/mol. The number of halogens is 3. The minimum Gasteiger partial charge on any atom is -0.351 e. The van der Waals surface area contributed by atoms with Crippen molar-refractivity contribution >= 4 is 5.91 Å². The molecular formula is C22H32F3N3O. The quantitative estimate of drug-likeness (QED) is 0.693. The summed E-state index contributed by atoms with van der Waals surface area (Å²) in [6.45, 7) is 5.34. The van der Waals surface area contributed by atoms with Crippen molar-refractivity contribution in [2.24, 2.45) is 23.2 Å². The molecule has 29 heavy (non-hydrogen) atoms. The zero-order chi connectivity index (χ0) is 21.0. The Morgan fingerprint density at radius 1 is 1.24 bits per heavy atom. The van der Waals surface area contributed by atoms with Crippen molar-refractivity contribution in [3.63, 3.8) is 0 Å². The maximum atomic E-state index is 13.1. The van der Waals surface area contributed by atoms with Crippen LogP contribution in [0.3, 0.4) is 0 Å². The Kier molecular flexibility index (Phi) is 5.23. The summed E-state index contributed by atoms with van der Waals surface area (Å²) in [5.74, 6) is 2.15. The van der Waals surface area contributed by atoms with Crippen molar-refractivity contribution in [3.05, 3.63) is 17.5 Å². The molecule has 7 heteroatoms. The lowest BCUT2D eigenvalue weighted by Crippen LogP contribution is -2.57. The Bertz CT molecular complexity index is 735. The first-order chi connectivity index (χ1) is 13.6. The highest BCUT2D eigenvalue weighted by Gasteiger charge is 2.54. The van der Waals surface area contributed by atoms with Crippen molar-refractivity contribution in [2.45, 2.75) is 90.4 Å². The van der Waals surface area contributed by atoms with Gasteiger partial charge in [-0.25, -0.2) is 0 Å². The number of carbonyl (C=O) groups excluding carboxylic acids is 1. The highest BCUT2D eigenvalue weighted by Crippen LogP contribution is 2.61. The van der Waals surface area contributed by atoms with Gasteiger partial charge in [0.25, 0.3) is 0 Å². The average Bonchev–Trinajstić information content (AvgIpc) is 3.01. The number of carbonyl (C=O) groups is 1. The number of nitrogens with zero attached hydrogens (tertiary/aromatic N) is 2. The molecule has 0 aliphatic heterocycles. The molecule has 4 saturated carbocycles. The van der Waals surface area contributed by atoms with Crippen LogP contribution in [0, 0.1) is 30.1 Å². The van der Waals surface area contributed by atoms with Crippen LogP contribution in [0.5, 0.6) is 0 Å². The van der Waals surface area contributed by atoms with Crippen molar-refractivity contribution in [1.82, 2.24) is 15.1 Å². The van der Waals surface area contributed by atoms with Crippen LogP contribution in [0.4, 0.5) is 13.2 Å². The molecule has 1 heterocycles. The second kappa shape index (κ2) is 7.31. The fraction of sp³-hybridized carbons (Fsp3) is 0.818. The van der Waals surface area contributed by atoms with E-state index in [2.05, 4.69) is 17.3 Å². The molecule has 4 aliphatic carbocycles. The summed E-state index contributed by atoms with van der Waals surface area (Å²) in [6.07, 6.45) is 5.01. The topological polar surface area (TPSA) is 46.9 Å². The molecule has 2 atom stereocenters. The normalized spacial score (nSPS) is 33.0. The zero-order valence-electron chi connectivity index (χ0n) is 17.6. The van der Waals surface area contributed by atoms with E-state index < -0.39 is 17.9 Å². The lowest BCUT2D eigenvalue weighted by atomic mass is 9.47. The van der Waals surface area contributed by atoms with Crippen LogP contribution in [0.15, 0.2) is 6.07 Å². The van der Waals surface area contributed by atoms with Gasteiger partial charge in [0.05, 0.1) is 0 Å². The van der Waals surface area contributed by atoms with Crippen LogP contribution < -0.4 is 5.32 Å². The van der Waals surface area contributed by atoms with E-state index in [9.17, 15) is 18.0 Å². The van der Waals surface area contributed by atoms with Gasteiger partial charge in [-0.3, -0.25) is 9.48 Å². The van der Waals surface area contributed by atoms with Gasteiger partial charge in [0, 0.05) is 11.7 Å². The Balaban J connectivity index is 1.52. The molecule has 162 valence electrons. The first-order valence-corrected chi connectivity index (χ1v) is 11.0. The van der Waals surface area contributed by atoms with E-state index in [0.29, 0.717) is 5.69 Å². The summed E-state index contributed by atoms with van der Waals surface area (Å²) < 4.78 is 40.2. The fourth-order valence-electron chi connectivity index (χ4n) is 6.85. The molecule has 1 aromatic rings. The summed E-state index contributed by atoms with van der Waals surface area (Å²) in [6, 6.07) is 0.347. The lowest BCUT2D eigenvalue weighted by molar-refractivity contribution is -0.142. The fourth-order valence-corrected chi connectivity index (χ4v) is 6.85. The van der Waals surface area contributed by atoms with Gasteiger partial charge in [-0.05, 0) is 88.0 Å². The SMILES string of the molecule is CCC[C@H](NC(=O)[C@H](C)n1nc(C(F)(F)F)cc1C)C12CC3CC(CC(C3)C1)C2. The highest BCUT2D eigenvalue weighted by atomic mass is 19.4. The minimum atomic E-state index is -4.50. The molecule has 0 radical (unpaired) electrons. The second-order valence-electron chi connectivity index (χ2n) is 9.92. The summed E-state index contributed by atoms with van der Waals surface area (Å²) in [7, 11) is 0. The number of aryl methyl sites for hydroxylation is 1. The van der Waals surface area contributed by atoms with Crippen LogP contribution in [0.25, 0.3) is 0 Å². The van der Waals surface area contributed by atoms with Crippen LogP contribution in [0.1, 0.15) is 82.6 Å². The largest absolute Gasteiger partial charge is 0.435 e. The van der Waals surface area contributed by atoms with Crippen molar-refractivity contribution < 1.29 is 18.0 Å². The number of rotatable bonds is 6. The van der Waals surface area contributed by atoms with Gasteiger partial charge in [0.1, 0.15) is 6.04 Å². The van der Waals surface area contributed by atoms with E-state index in [0.717, 1.165) is 36.7 Å². The standard InChI is InChI=1S/C22H32F3N3O/c1-4-5-18(21-10-15-7-16(11-21)9-17(8-15)12-21)26-20(29)14(3)28-13(2)6-19(27-28)22(23,24)25/h6,14-18H,4-5,7-12H2,1-3H3,(H,26,29)/t14-,15?,16?,17?,18-,21?/m0/s1. The van der Waals surface area contributed by atoms with Crippen molar-refractivity contribution in [3.8, 4) is 0 Å². The van der Waals surface area contributed by atoms with Gasteiger partial charge in [-0.2, -0.15) is 18.3 Å². The maximum absolute atomic E-state index is 13.1. The summed E-state index contributed by atoms with van der Waals surface area (Å²) >= 11 is 0. The van der Waals surface area contributed by atoms with E-state index in [-0.39, 0.29) is 17.4 Å². The number of alkyl halides is 3. The van der Waals surface area contributed by atoms with Crippen LogP contribution >= 0.6 is 0 Å². The van der Waals surface area contributed by atoms with E-state index in [1.54, 1.807) is 13.8 Å². The third kappa shape index (κ3) is 3.81. The molecule has 1 N–H and O–H groups in total. The maximum Gasteiger partial charge on any atom is 0.435 e. The first-order valence-electron chi connectivity index (χ1n) is 11.0. The molecule has 4 fully saturated rings. The lowest BCUT2D eigenvalue weighted by Gasteiger charge is -2.59. The van der Waals surface area contributed by atoms with Crippen LogP contribution in [-0.2, 0) is 11.0 Å². The molecule has 4 aliphatic rings. The van der Waals surface area contributed by atoms with Crippen LogP contribution in [0.2, 0.25) is 0 Å². The monoisotopic (exact) mass is 411 g/mol. The van der Waals surface area contributed by atoms with Gasteiger partial charge >= 0.3 is 6.18 Å². The van der Waals surface area contributed by atoms with Crippen LogP contribution in [-0.4, -0.2) is 21.7 Å². The Labute approximate surface area is 170 Å². The van der Waals surface area contributed by atoms with Gasteiger partial charge in [0.2, 0.25) is 5.91 Å². The summed E-state index contributed by atoms with van der Waals surface area (Å²) in [5, 5.41) is 6.95. The van der Waals surface area contributed by atoms with Crippen molar-refractivity contribution in [1.29, 1.82) is 0 Å². The van der Waals surface area contributed by atoms with Crippen molar-refractivity contribution in [2.75, 3.05) is 0 Å². The molecule has 0 saturated heterocycles. The van der Waals surface area contributed by atoms with Gasteiger partial charge in [-0.1, -0.05) is 13.3 Å². The Hall–Kier alpha value is -1.53. The summed E-state index contributed by atoms with van der Waals surface area (Å²) in [5.41, 5.74) is -0.418. The average molecular weight is 412 g/mol. The summed E-state index contributed by atoms with van der Waals surface area (Å²) in [4.78, 5) is 13.1. The molecule has 1 amide bonds. The number of amides is 1. The molecule has 0 aromatic carbocycles. The Morgan fingerprint density at radius 3 is 2.24 bits per heavy atom. The van der Waals surface area contributed by atoms with E-state index >= 15 is 0 Å². The Morgan fingerprint density at radius 2 is 1.79 bits per heavy atom. The smallest absolute Gasteiger partial charge is 0.351 e. The predicted octanol–water partition coefficient (Wildman–Crippen LogP) is 5.27. The number of nitrogens with one attached hydrogen (secondary N) is 1. The minimum absolute atomic E-state index is 0.105. The third-order valence-electron chi connectivity index (χ3n) is 7.68. The number of hydrogen-bond donors (Lipinski definition) is 1. The van der Waals surface area contributed by atoms with Gasteiger partial charge in [-0.15, -0.1) is 0 Å². The molecule has 0 unspecified atom stereocenters. The molecular weight excluding hydrogens is 379 g/mol. The number of aromatic nitrogens is 2. The third-order valence-corrected chi connectivity index (χ3v) is 7.68. The van der Waals surface area contributed by atoms with E-state index in [1.807, 2.05) is 0 Å². The number of hydrogen-bond acceptors (Lipinski definition) is 2. The molecule has 4 bridgehead atoms. The van der Waals surface area contributed by atoms with E-state index in [4.69, 9.17) is 0 Å². The second-order valence-corrected chi connectivity index (χ2v) is 9.92. The molecule has 4 nitrogen and oxygen atoms in total. The molecule has 5 rings (SSSR count). The van der Waals surface area contributed by atoms with Gasteiger partial charge in [0.15, 0.2) is 5.69 Å². The molecule has 1 aromatic heterocycles. The zero-order valence-corrected chi connectivity index (χ0v) is 17.6. The first kappa shape index (κ1) is 20.7. The van der Waals surface area contributed by atoms with E-state index in [1.165, 1.54) is 43.2 Å².